The maximum absolute atomic E-state index is 10.0. The number of hydrogen-bond acceptors (Lipinski definition) is 5. The molecule has 1 fully saturated rings. The Morgan fingerprint density at radius 3 is 2.07 bits per heavy atom. The van der Waals surface area contributed by atoms with Crippen molar-refractivity contribution in [3.63, 3.8) is 0 Å². The summed E-state index contributed by atoms with van der Waals surface area (Å²) in [5, 5.41) is 28.5. The van der Waals surface area contributed by atoms with Crippen LogP contribution in [0.3, 0.4) is 0 Å². The number of allylic oxidation sites excluding steroid dienone is 1. The number of aliphatic hydroxyl groups is 3. The van der Waals surface area contributed by atoms with Crippen molar-refractivity contribution in [2.45, 2.75) is 115 Å². The summed E-state index contributed by atoms with van der Waals surface area (Å²) in [4.78, 5) is 0. The molecule has 0 saturated carbocycles. The molecule has 166 valence electrons. The van der Waals surface area contributed by atoms with Gasteiger partial charge in [0, 0.05) is 0 Å². The largest absolute Gasteiger partial charge is 0.394 e. The second-order valence-corrected chi connectivity index (χ2v) is 8.06. The first-order valence-corrected chi connectivity index (χ1v) is 11.6. The molecule has 5 heteroatoms. The van der Waals surface area contributed by atoms with Crippen LogP contribution in [-0.2, 0) is 9.47 Å². The summed E-state index contributed by atoms with van der Waals surface area (Å²) in [5.74, 6) is 0. The summed E-state index contributed by atoms with van der Waals surface area (Å²) in [7, 11) is 0. The van der Waals surface area contributed by atoms with Crippen molar-refractivity contribution in [1.82, 2.24) is 0 Å². The first-order valence-electron chi connectivity index (χ1n) is 11.6. The van der Waals surface area contributed by atoms with E-state index >= 15 is 0 Å². The fraction of sp³-hybridized carbons (Fsp3) is 0.913. The smallest absolute Gasteiger partial charge is 0.114 e. The van der Waals surface area contributed by atoms with Crippen molar-refractivity contribution < 1.29 is 24.8 Å². The standard InChI is InChI=1S/C23H44O5/c1-2-3-4-5-6-7-8-9-10-11-12-13-14-15-16-17-27-21-19-28-23(22(21)26)20(25)18-24/h15-16,20-26H,2-14,17-19H2,1H3/b16-15+/t20-,21+,22-,23-/m1/s1. The van der Waals surface area contributed by atoms with Crippen molar-refractivity contribution in [3.8, 4) is 0 Å². The fourth-order valence-corrected chi connectivity index (χ4v) is 3.67. The molecule has 0 spiro atoms. The Labute approximate surface area is 172 Å². The van der Waals surface area contributed by atoms with E-state index in [2.05, 4.69) is 13.0 Å². The molecule has 0 unspecified atom stereocenters. The van der Waals surface area contributed by atoms with E-state index in [0.29, 0.717) is 6.61 Å². The Morgan fingerprint density at radius 1 is 0.929 bits per heavy atom. The van der Waals surface area contributed by atoms with Gasteiger partial charge in [-0.25, -0.2) is 0 Å². The highest BCUT2D eigenvalue weighted by atomic mass is 16.6. The van der Waals surface area contributed by atoms with E-state index in [4.69, 9.17) is 14.6 Å². The van der Waals surface area contributed by atoms with Gasteiger partial charge in [0.05, 0.1) is 19.8 Å². The molecule has 0 bridgehead atoms. The van der Waals surface area contributed by atoms with Crippen molar-refractivity contribution in [2.75, 3.05) is 19.8 Å². The van der Waals surface area contributed by atoms with Gasteiger partial charge in [-0.05, 0) is 12.8 Å². The third kappa shape index (κ3) is 11.5. The lowest BCUT2D eigenvalue weighted by Crippen LogP contribution is -2.41. The SMILES string of the molecule is CCCCCCCCCCCCCC/C=C/CO[C@H]1CO[C@H]([C@H](O)CO)[C@@H]1O. The van der Waals surface area contributed by atoms with Crippen LogP contribution in [0.4, 0.5) is 0 Å². The van der Waals surface area contributed by atoms with Crippen LogP contribution in [0.2, 0.25) is 0 Å². The number of hydrogen-bond donors (Lipinski definition) is 3. The van der Waals surface area contributed by atoms with Crippen molar-refractivity contribution in [2.24, 2.45) is 0 Å². The molecule has 1 saturated heterocycles. The van der Waals surface area contributed by atoms with Crippen molar-refractivity contribution in [1.29, 1.82) is 0 Å². The van der Waals surface area contributed by atoms with Crippen LogP contribution in [0.15, 0.2) is 12.2 Å². The van der Waals surface area contributed by atoms with Gasteiger partial charge in [0.2, 0.25) is 0 Å². The molecule has 1 rings (SSSR count). The van der Waals surface area contributed by atoms with Crippen LogP contribution >= 0.6 is 0 Å². The molecule has 1 heterocycles. The van der Waals surface area contributed by atoms with Gasteiger partial charge in [0.1, 0.15) is 24.4 Å². The molecule has 0 amide bonds. The second kappa shape index (κ2) is 17.4. The van der Waals surface area contributed by atoms with Gasteiger partial charge in [-0.2, -0.15) is 0 Å². The van der Waals surface area contributed by atoms with E-state index in [-0.39, 0.29) is 6.61 Å². The zero-order valence-corrected chi connectivity index (χ0v) is 17.9. The lowest BCUT2D eigenvalue weighted by molar-refractivity contribution is -0.0716. The van der Waals surface area contributed by atoms with Crippen LogP contribution in [-0.4, -0.2) is 59.6 Å². The van der Waals surface area contributed by atoms with E-state index in [1.165, 1.54) is 77.0 Å². The van der Waals surface area contributed by atoms with Gasteiger partial charge in [0.15, 0.2) is 0 Å². The summed E-state index contributed by atoms with van der Waals surface area (Å²) >= 11 is 0. The van der Waals surface area contributed by atoms with Crippen LogP contribution in [0.25, 0.3) is 0 Å². The highest BCUT2D eigenvalue weighted by Gasteiger charge is 2.40. The highest BCUT2D eigenvalue weighted by Crippen LogP contribution is 2.20. The third-order valence-electron chi connectivity index (χ3n) is 5.53. The van der Waals surface area contributed by atoms with Crippen molar-refractivity contribution in [3.05, 3.63) is 12.2 Å². The fourth-order valence-electron chi connectivity index (χ4n) is 3.67. The van der Waals surface area contributed by atoms with Crippen LogP contribution in [0, 0.1) is 0 Å². The predicted octanol–water partition coefficient (Wildman–Crippen LogP) is 4.13. The number of rotatable bonds is 18. The maximum Gasteiger partial charge on any atom is 0.114 e. The van der Waals surface area contributed by atoms with Crippen LogP contribution in [0.5, 0.6) is 0 Å². The van der Waals surface area contributed by atoms with E-state index in [1.807, 2.05) is 6.08 Å². The van der Waals surface area contributed by atoms with Gasteiger partial charge >= 0.3 is 0 Å². The number of ether oxygens (including phenoxy) is 2. The van der Waals surface area contributed by atoms with E-state index in [1.54, 1.807) is 0 Å². The lowest BCUT2D eigenvalue weighted by Gasteiger charge is -2.20. The van der Waals surface area contributed by atoms with E-state index in [0.717, 1.165) is 6.42 Å². The quantitative estimate of drug-likeness (QED) is 0.238. The van der Waals surface area contributed by atoms with Crippen LogP contribution < -0.4 is 0 Å². The van der Waals surface area contributed by atoms with Gasteiger partial charge in [-0.3, -0.25) is 0 Å². The van der Waals surface area contributed by atoms with Crippen molar-refractivity contribution >= 4 is 0 Å². The highest BCUT2D eigenvalue weighted by molar-refractivity contribution is 4.90. The number of aliphatic hydroxyl groups excluding tert-OH is 3. The van der Waals surface area contributed by atoms with Gasteiger partial charge in [-0.1, -0.05) is 89.7 Å². The second-order valence-electron chi connectivity index (χ2n) is 8.06. The maximum atomic E-state index is 10.0. The summed E-state index contributed by atoms with van der Waals surface area (Å²) in [6.07, 6.45) is 18.4. The molecule has 28 heavy (non-hydrogen) atoms. The molecule has 4 atom stereocenters. The average molecular weight is 401 g/mol. The molecule has 0 radical (unpaired) electrons. The Balaban J connectivity index is 1.86. The Bertz CT molecular complexity index is 374. The topological polar surface area (TPSA) is 79.2 Å². The molecular formula is C23H44O5. The number of unbranched alkanes of at least 4 members (excludes halogenated alkanes) is 12. The molecule has 0 aromatic carbocycles. The molecule has 3 N–H and O–H groups in total. The minimum Gasteiger partial charge on any atom is -0.394 e. The Morgan fingerprint density at radius 2 is 1.50 bits per heavy atom. The van der Waals surface area contributed by atoms with Crippen LogP contribution in [0.1, 0.15) is 90.4 Å². The first kappa shape index (κ1) is 25.6. The van der Waals surface area contributed by atoms with E-state index < -0.39 is 31.0 Å². The molecule has 1 aliphatic heterocycles. The minimum absolute atomic E-state index is 0.246. The predicted molar refractivity (Wildman–Crippen MR) is 113 cm³/mol. The minimum atomic E-state index is -1.06. The molecule has 0 aromatic heterocycles. The van der Waals surface area contributed by atoms with Gasteiger partial charge < -0.3 is 24.8 Å². The summed E-state index contributed by atoms with van der Waals surface area (Å²) < 4.78 is 10.9. The molecule has 1 aliphatic rings. The molecule has 0 aliphatic carbocycles. The summed E-state index contributed by atoms with van der Waals surface area (Å²) in [6, 6.07) is 0. The van der Waals surface area contributed by atoms with Gasteiger partial charge in [-0.15, -0.1) is 0 Å². The third-order valence-corrected chi connectivity index (χ3v) is 5.53. The average Bonchev–Trinajstić information content (AvgIpc) is 3.07. The Kier molecular flexibility index (Phi) is 15.9. The molecular weight excluding hydrogens is 356 g/mol. The molecule has 0 aromatic rings. The molecule has 5 nitrogen and oxygen atoms in total. The zero-order chi connectivity index (χ0) is 20.5. The lowest BCUT2D eigenvalue weighted by atomic mass is 10.0. The monoisotopic (exact) mass is 400 g/mol. The normalized spacial score (nSPS) is 23.6. The zero-order valence-electron chi connectivity index (χ0n) is 17.9. The Hall–Kier alpha value is -0.460. The summed E-state index contributed by atoms with van der Waals surface area (Å²) in [5.41, 5.74) is 0. The summed E-state index contributed by atoms with van der Waals surface area (Å²) in [6.45, 7) is 2.52. The van der Waals surface area contributed by atoms with Gasteiger partial charge in [0.25, 0.3) is 0 Å². The van der Waals surface area contributed by atoms with E-state index in [9.17, 15) is 10.2 Å². The first-order chi connectivity index (χ1) is 13.7.